The molecule has 1 aliphatic carbocycles. The average Bonchev–Trinajstić information content (AvgIpc) is 2.73. The van der Waals surface area contributed by atoms with Crippen molar-refractivity contribution < 1.29 is 14.6 Å². The van der Waals surface area contributed by atoms with Gasteiger partial charge >= 0.3 is 6.09 Å². The Hall–Kier alpha value is -2.59. The highest BCUT2D eigenvalue weighted by molar-refractivity contribution is 5.67. The minimum absolute atomic E-state index is 0.113. The SMILES string of the molecule is O=C(OCc1ccccc1)N1CCC([C@H]2C=Cc3ccccc3[C@H]2O)CC1. The zero-order valence-corrected chi connectivity index (χ0v) is 15.3. The Morgan fingerprint density at radius 2 is 1.74 bits per heavy atom. The van der Waals surface area contributed by atoms with E-state index in [0.29, 0.717) is 25.6 Å². The number of hydrogen-bond donors (Lipinski definition) is 1. The van der Waals surface area contributed by atoms with Gasteiger partial charge in [-0.2, -0.15) is 0 Å². The number of fused-ring (bicyclic) bond motifs is 1. The van der Waals surface area contributed by atoms with Crippen LogP contribution in [-0.2, 0) is 11.3 Å². The molecule has 1 N–H and O–H groups in total. The highest BCUT2D eigenvalue weighted by Crippen LogP contribution is 2.40. The summed E-state index contributed by atoms with van der Waals surface area (Å²) < 4.78 is 5.44. The van der Waals surface area contributed by atoms with Gasteiger partial charge in [-0.3, -0.25) is 0 Å². The third kappa shape index (κ3) is 3.91. The first-order valence-corrected chi connectivity index (χ1v) is 9.63. The van der Waals surface area contributed by atoms with Crippen molar-refractivity contribution in [2.45, 2.75) is 25.6 Å². The summed E-state index contributed by atoms with van der Waals surface area (Å²) in [6, 6.07) is 17.7. The Balaban J connectivity index is 1.31. The van der Waals surface area contributed by atoms with E-state index < -0.39 is 6.10 Å². The number of hydrogen-bond acceptors (Lipinski definition) is 3. The monoisotopic (exact) mass is 363 g/mol. The lowest BCUT2D eigenvalue weighted by atomic mass is 9.75. The third-order valence-electron chi connectivity index (χ3n) is 5.72. The maximum Gasteiger partial charge on any atom is 0.410 e. The number of carbonyl (C=O) groups is 1. The molecule has 2 aromatic rings. The summed E-state index contributed by atoms with van der Waals surface area (Å²) in [6.07, 6.45) is 5.31. The van der Waals surface area contributed by atoms with Crippen molar-refractivity contribution >= 4 is 12.2 Å². The molecule has 140 valence electrons. The summed E-state index contributed by atoms with van der Waals surface area (Å²) in [7, 11) is 0. The molecule has 0 saturated carbocycles. The number of carbonyl (C=O) groups excluding carboxylic acids is 1. The summed E-state index contributed by atoms with van der Waals surface area (Å²) in [4.78, 5) is 14.1. The van der Waals surface area contributed by atoms with Crippen LogP contribution in [-0.4, -0.2) is 29.2 Å². The fraction of sp³-hybridized carbons (Fsp3) is 0.348. The van der Waals surface area contributed by atoms with E-state index in [1.165, 1.54) is 0 Å². The first-order valence-electron chi connectivity index (χ1n) is 9.63. The molecule has 0 unspecified atom stereocenters. The number of rotatable bonds is 3. The van der Waals surface area contributed by atoms with Crippen LogP contribution in [0.3, 0.4) is 0 Å². The number of amides is 1. The van der Waals surface area contributed by atoms with Crippen LogP contribution in [0.2, 0.25) is 0 Å². The quantitative estimate of drug-likeness (QED) is 0.879. The van der Waals surface area contributed by atoms with Crippen molar-refractivity contribution in [3.63, 3.8) is 0 Å². The number of benzene rings is 2. The third-order valence-corrected chi connectivity index (χ3v) is 5.72. The molecule has 2 atom stereocenters. The second-order valence-electron chi connectivity index (χ2n) is 7.37. The second kappa shape index (κ2) is 7.97. The van der Waals surface area contributed by atoms with Gasteiger partial charge in [-0.1, -0.05) is 66.7 Å². The Morgan fingerprint density at radius 1 is 1.04 bits per heavy atom. The predicted octanol–water partition coefficient (Wildman–Crippen LogP) is 4.41. The Labute approximate surface area is 160 Å². The summed E-state index contributed by atoms with van der Waals surface area (Å²) in [6.45, 7) is 1.66. The molecule has 0 aromatic heterocycles. The van der Waals surface area contributed by atoms with E-state index in [9.17, 15) is 9.90 Å². The van der Waals surface area contributed by atoms with Gasteiger partial charge in [-0.05, 0) is 35.4 Å². The Kier molecular flexibility index (Phi) is 5.26. The maximum absolute atomic E-state index is 12.3. The summed E-state index contributed by atoms with van der Waals surface area (Å²) in [5.41, 5.74) is 3.10. The van der Waals surface area contributed by atoms with Crippen LogP contribution in [0, 0.1) is 11.8 Å². The van der Waals surface area contributed by atoms with E-state index in [-0.39, 0.29) is 12.0 Å². The highest BCUT2D eigenvalue weighted by atomic mass is 16.6. The molecule has 2 aromatic carbocycles. The number of likely N-dealkylation sites (tertiary alicyclic amines) is 1. The van der Waals surface area contributed by atoms with E-state index in [2.05, 4.69) is 12.2 Å². The van der Waals surface area contributed by atoms with Gasteiger partial charge in [0, 0.05) is 19.0 Å². The van der Waals surface area contributed by atoms with Gasteiger partial charge in [-0.15, -0.1) is 0 Å². The van der Waals surface area contributed by atoms with Crippen molar-refractivity contribution in [2.75, 3.05) is 13.1 Å². The van der Waals surface area contributed by atoms with E-state index >= 15 is 0 Å². The molecule has 4 nitrogen and oxygen atoms in total. The van der Waals surface area contributed by atoms with Crippen molar-refractivity contribution in [3.05, 3.63) is 77.4 Å². The lowest BCUT2D eigenvalue weighted by molar-refractivity contribution is 0.0523. The molecule has 4 heteroatoms. The van der Waals surface area contributed by atoms with Gasteiger partial charge in [0.1, 0.15) is 6.61 Å². The zero-order chi connectivity index (χ0) is 18.6. The molecule has 0 bridgehead atoms. The second-order valence-corrected chi connectivity index (χ2v) is 7.37. The summed E-state index contributed by atoms with van der Waals surface area (Å²) in [5, 5.41) is 10.8. The van der Waals surface area contributed by atoms with E-state index in [0.717, 1.165) is 29.5 Å². The standard InChI is InChI=1S/C23H25NO3/c25-22-20-9-5-4-8-18(20)10-11-21(22)19-12-14-24(15-13-19)23(26)27-16-17-6-2-1-3-7-17/h1-11,19,21-22,25H,12-16H2/t21-,22-/m1/s1. The van der Waals surface area contributed by atoms with E-state index in [4.69, 9.17) is 4.74 Å². The van der Waals surface area contributed by atoms with Crippen LogP contribution < -0.4 is 0 Å². The molecule has 1 aliphatic heterocycles. The van der Waals surface area contributed by atoms with Crippen LogP contribution in [0.4, 0.5) is 4.79 Å². The van der Waals surface area contributed by atoms with E-state index in [1.54, 1.807) is 4.90 Å². The van der Waals surface area contributed by atoms with Gasteiger partial charge in [-0.25, -0.2) is 4.79 Å². The molecule has 0 spiro atoms. The Bertz CT molecular complexity index is 809. The molecule has 2 aliphatic rings. The summed E-state index contributed by atoms with van der Waals surface area (Å²) in [5.74, 6) is 0.491. The van der Waals surface area contributed by atoms with Crippen LogP contribution in [0.15, 0.2) is 60.7 Å². The topological polar surface area (TPSA) is 49.8 Å². The van der Waals surface area contributed by atoms with Crippen molar-refractivity contribution in [1.29, 1.82) is 0 Å². The fourth-order valence-corrected chi connectivity index (χ4v) is 4.15. The first kappa shape index (κ1) is 17.8. The van der Waals surface area contributed by atoms with Gasteiger partial charge in [0.15, 0.2) is 0 Å². The van der Waals surface area contributed by atoms with Gasteiger partial charge in [0.05, 0.1) is 6.10 Å². The Morgan fingerprint density at radius 3 is 2.52 bits per heavy atom. The number of piperidine rings is 1. The summed E-state index contributed by atoms with van der Waals surface area (Å²) >= 11 is 0. The van der Waals surface area contributed by atoms with Crippen LogP contribution >= 0.6 is 0 Å². The van der Waals surface area contributed by atoms with Crippen molar-refractivity contribution in [3.8, 4) is 0 Å². The van der Waals surface area contributed by atoms with Gasteiger partial charge < -0.3 is 14.7 Å². The van der Waals surface area contributed by atoms with E-state index in [1.807, 2.05) is 54.6 Å². The van der Waals surface area contributed by atoms with Crippen LogP contribution in [0.25, 0.3) is 6.08 Å². The minimum Gasteiger partial charge on any atom is -0.445 e. The smallest absolute Gasteiger partial charge is 0.410 e. The van der Waals surface area contributed by atoms with Gasteiger partial charge in [0.2, 0.25) is 0 Å². The number of aliphatic hydroxyl groups is 1. The zero-order valence-electron chi connectivity index (χ0n) is 15.3. The first-order chi connectivity index (χ1) is 13.2. The molecule has 1 saturated heterocycles. The number of ether oxygens (including phenoxy) is 1. The largest absolute Gasteiger partial charge is 0.445 e. The molecule has 1 amide bonds. The molecule has 27 heavy (non-hydrogen) atoms. The van der Waals surface area contributed by atoms with Crippen molar-refractivity contribution in [1.82, 2.24) is 4.90 Å². The maximum atomic E-state index is 12.3. The lowest BCUT2D eigenvalue weighted by Crippen LogP contribution is -2.41. The number of nitrogens with zero attached hydrogens (tertiary/aromatic N) is 1. The molecular formula is C23H25NO3. The molecular weight excluding hydrogens is 338 g/mol. The van der Waals surface area contributed by atoms with Gasteiger partial charge in [0.25, 0.3) is 0 Å². The molecule has 1 heterocycles. The molecule has 0 radical (unpaired) electrons. The minimum atomic E-state index is -0.465. The van der Waals surface area contributed by atoms with Crippen LogP contribution in [0.1, 0.15) is 35.6 Å². The molecule has 1 fully saturated rings. The average molecular weight is 363 g/mol. The normalized spacial score (nSPS) is 22.3. The predicted molar refractivity (Wildman–Crippen MR) is 105 cm³/mol. The number of aliphatic hydroxyl groups excluding tert-OH is 1. The molecule has 4 rings (SSSR count). The lowest BCUT2D eigenvalue weighted by Gasteiger charge is -2.38. The highest BCUT2D eigenvalue weighted by Gasteiger charge is 2.34. The fourth-order valence-electron chi connectivity index (χ4n) is 4.15. The van der Waals surface area contributed by atoms with Crippen LogP contribution in [0.5, 0.6) is 0 Å². The van der Waals surface area contributed by atoms with Crippen molar-refractivity contribution in [2.24, 2.45) is 11.8 Å².